The minimum atomic E-state index is 0.459. The Balaban J connectivity index is 1.80. The normalized spacial score (nSPS) is 39.2. The third kappa shape index (κ3) is 3.69. The summed E-state index contributed by atoms with van der Waals surface area (Å²) in [5, 5.41) is 0. The van der Waals surface area contributed by atoms with Crippen LogP contribution in [0.2, 0.25) is 0 Å². The number of rotatable bonds is 2. The van der Waals surface area contributed by atoms with Crippen LogP contribution in [0.15, 0.2) is 0 Å². The molecule has 2 aliphatic rings. The summed E-state index contributed by atoms with van der Waals surface area (Å²) < 4.78 is 0. The zero-order chi connectivity index (χ0) is 12.5. The number of hydrogen-bond donors (Lipinski definition) is 1. The van der Waals surface area contributed by atoms with Gasteiger partial charge in [0.25, 0.3) is 0 Å². The minimum absolute atomic E-state index is 0.459. The molecule has 3 atom stereocenters. The van der Waals surface area contributed by atoms with Gasteiger partial charge < -0.3 is 10.6 Å². The highest BCUT2D eigenvalue weighted by atomic mass is 15.1. The second-order valence-electron chi connectivity index (χ2n) is 7.31. The molecule has 17 heavy (non-hydrogen) atoms. The number of nitrogens with two attached hydrogens (primary N) is 1. The largest absolute Gasteiger partial charge is 0.327 e. The molecule has 0 bridgehead atoms. The Labute approximate surface area is 107 Å². The van der Waals surface area contributed by atoms with E-state index in [1.54, 1.807) is 0 Å². The van der Waals surface area contributed by atoms with Crippen molar-refractivity contribution in [3.8, 4) is 0 Å². The highest BCUT2D eigenvalue weighted by Gasteiger charge is 2.30. The summed E-state index contributed by atoms with van der Waals surface area (Å²) in [5.74, 6) is 1.64. The molecule has 100 valence electrons. The van der Waals surface area contributed by atoms with E-state index >= 15 is 0 Å². The predicted octanol–water partition coefficient (Wildman–Crippen LogP) is 2.87. The molecule has 1 aliphatic heterocycles. The summed E-state index contributed by atoms with van der Waals surface area (Å²) in [6, 6.07) is 0.459. The van der Waals surface area contributed by atoms with Crippen LogP contribution in [0.3, 0.4) is 0 Å². The van der Waals surface area contributed by atoms with Gasteiger partial charge in [-0.05, 0) is 62.4 Å². The zero-order valence-corrected chi connectivity index (χ0v) is 11.9. The molecule has 0 spiro atoms. The fourth-order valence-electron chi connectivity index (χ4n) is 3.40. The maximum atomic E-state index is 6.28. The standard InChI is InChI=1S/C15H30N2/c1-12-4-5-14(16)13(10-12)11-17-8-6-15(2,3)7-9-17/h12-14H,4-11,16H2,1-3H3. The topological polar surface area (TPSA) is 29.3 Å². The number of nitrogens with zero attached hydrogens (tertiary/aromatic N) is 1. The fraction of sp³-hybridized carbons (Fsp3) is 1.00. The first-order valence-corrected chi connectivity index (χ1v) is 7.44. The Hall–Kier alpha value is -0.0800. The Morgan fingerprint density at radius 1 is 1.18 bits per heavy atom. The van der Waals surface area contributed by atoms with Crippen LogP contribution in [-0.2, 0) is 0 Å². The van der Waals surface area contributed by atoms with Gasteiger partial charge in [0.15, 0.2) is 0 Å². The number of hydrogen-bond acceptors (Lipinski definition) is 2. The van der Waals surface area contributed by atoms with Gasteiger partial charge in [-0.2, -0.15) is 0 Å². The lowest BCUT2D eigenvalue weighted by molar-refractivity contribution is 0.0955. The summed E-state index contributed by atoms with van der Waals surface area (Å²) in [6.07, 6.45) is 6.63. The Morgan fingerprint density at radius 3 is 2.47 bits per heavy atom. The SMILES string of the molecule is CC1CCC(N)C(CN2CCC(C)(C)CC2)C1. The van der Waals surface area contributed by atoms with E-state index < -0.39 is 0 Å². The molecule has 0 aromatic carbocycles. The molecule has 0 radical (unpaired) electrons. The molecule has 1 aliphatic carbocycles. The average molecular weight is 238 g/mol. The molecular formula is C15H30N2. The van der Waals surface area contributed by atoms with Crippen LogP contribution in [0.4, 0.5) is 0 Å². The lowest BCUT2D eigenvalue weighted by Crippen LogP contribution is -2.46. The van der Waals surface area contributed by atoms with Crippen LogP contribution in [0.1, 0.15) is 52.9 Å². The van der Waals surface area contributed by atoms with Crippen molar-refractivity contribution in [3.63, 3.8) is 0 Å². The maximum absolute atomic E-state index is 6.28. The van der Waals surface area contributed by atoms with Gasteiger partial charge in [-0.1, -0.05) is 20.8 Å². The van der Waals surface area contributed by atoms with Gasteiger partial charge in [0, 0.05) is 12.6 Å². The summed E-state index contributed by atoms with van der Waals surface area (Å²) >= 11 is 0. The van der Waals surface area contributed by atoms with E-state index in [-0.39, 0.29) is 0 Å². The molecule has 2 rings (SSSR count). The van der Waals surface area contributed by atoms with Crippen LogP contribution in [-0.4, -0.2) is 30.6 Å². The number of piperidine rings is 1. The number of likely N-dealkylation sites (tertiary alicyclic amines) is 1. The minimum Gasteiger partial charge on any atom is -0.327 e. The molecule has 1 saturated carbocycles. The second kappa shape index (κ2) is 5.27. The summed E-state index contributed by atoms with van der Waals surface area (Å²) in [7, 11) is 0. The molecule has 0 aromatic heterocycles. The summed E-state index contributed by atoms with van der Waals surface area (Å²) in [4.78, 5) is 2.66. The van der Waals surface area contributed by atoms with E-state index in [0.717, 1.165) is 11.8 Å². The maximum Gasteiger partial charge on any atom is 0.00795 e. The summed E-state index contributed by atoms with van der Waals surface area (Å²) in [5.41, 5.74) is 6.85. The van der Waals surface area contributed by atoms with Crippen molar-refractivity contribution in [2.24, 2.45) is 23.0 Å². The molecule has 2 fully saturated rings. The van der Waals surface area contributed by atoms with Crippen molar-refractivity contribution in [1.29, 1.82) is 0 Å². The monoisotopic (exact) mass is 238 g/mol. The van der Waals surface area contributed by atoms with E-state index in [1.165, 1.54) is 51.7 Å². The van der Waals surface area contributed by atoms with Gasteiger partial charge in [-0.25, -0.2) is 0 Å². The second-order valence-corrected chi connectivity index (χ2v) is 7.31. The van der Waals surface area contributed by atoms with Crippen molar-refractivity contribution in [2.75, 3.05) is 19.6 Å². The van der Waals surface area contributed by atoms with E-state index in [1.807, 2.05) is 0 Å². The van der Waals surface area contributed by atoms with Crippen molar-refractivity contribution in [3.05, 3.63) is 0 Å². The highest BCUT2D eigenvalue weighted by Crippen LogP contribution is 2.32. The van der Waals surface area contributed by atoms with E-state index in [0.29, 0.717) is 11.5 Å². The molecule has 2 N–H and O–H groups in total. The third-order valence-corrected chi connectivity index (χ3v) is 5.01. The Morgan fingerprint density at radius 2 is 1.82 bits per heavy atom. The van der Waals surface area contributed by atoms with Crippen LogP contribution in [0, 0.1) is 17.3 Å². The summed E-state index contributed by atoms with van der Waals surface area (Å²) in [6.45, 7) is 11.0. The zero-order valence-electron chi connectivity index (χ0n) is 11.9. The van der Waals surface area contributed by atoms with Gasteiger partial charge in [-0.15, -0.1) is 0 Å². The van der Waals surface area contributed by atoms with E-state index in [4.69, 9.17) is 5.73 Å². The molecule has 3 unspecified atom stereocenters. The third-order valence-electron chi connectivity index (χ3n) is 5.01. The quantitative estimate of drug-likeness (QED) is 0.801. The Kier molecular flexibility index (Phi) is 4.14. The van der Waals surface area contributed by atoms with Gasteiger partial charge in [0.1, 0.15) is 0 Å². The van der Waals surface area contributed by atoms with Crippen molar-refractivity contribution >= 4 is 0 Å². The lowest BCUT2D eigenvalue weighted by atomic mass is 9.78. The van der Waals surface area contributed by atoms with Gasteiger partial charge in [0.2, 0.25) is 0 Å². The molecule has 1 heterocycles. The van der Waals surface area contributed by atoms with Crippen molar-refractivity contribution in [1.82, 2.24) is 4.90 Å². The first-order chi connectivity index (χ1) is 7.96. The van der Waals surface area contributed by atoms with E-state index in [2.05, 4.69) is 25.7 Å². The Bertz CT molecular complexity index is 239. The van der Waals surface area contributed by atoms with Gasteiger partial charge in [0.05, 0.1) is 0 Å². The lowest BCUT2D eigenvalue weighted by Gasteiger charge is -2.41. The average Bonchev–Trinajstić information content (AvgIpc) is 2.26. The highest BCUT2D eigenvalue weighted by molar-refractivity contribution is 4.86. The smallest absolute Gasteiger partial charge is 0.00795 e. The van der Waals surface area contributed by atoms with Crippen LogP contribution < -0.4 is 5.73 Å². The van der Waals surface area contributed by atoms with Crippen molar-refractivity contribution in [2.45, 2.75) is 58.9 Å². The molecular weight excluding hydrogens is 208 g/mol. The van der Waals surface area contributed by atoms with Crippen LogP contribution in [0.5, 0.6) is 0 Å². The van der Waals surface area contributed by atoms with Crippen molar-refractivity contribution < 1.29 is 0 Å². The fourth-order valence-corrected chi connectivity index (χ4v) is 3.40. The molecule has 0 aromatic rings. The van der Waals surface area contributed by atoms with Crippen LogP contribution in [0.25, 0.3) is 0 Å². The molecule has 2 nitrogen and oxygen atoms in total. The molecule has 1 saturated heterocycles. The van der Waals surface area contributed by atoms with Crippen LogP contribution >= 0.6 is 0 Å². The van der Waals surface area contributed by atoms with E-state index in [9.17, 15) is 0 Å². The van der Waals surface area contributed by atoms with Gasteiger partial charge >= 0.3 is 0 Å². The predicted molar refractivity (Wildman–Crippen MR) is 73.9 cm³/mol. The first-order valence-electron chi connectivity index (χ1n) is 7.44. The molecule has 0 amide bonds. The molecule has 2 heteroatoms. The first kappa shape index (κ1) is 13.4. The van der Waals surface area contributed by atoms with Gasteiger partial charge in [-0.3, -0.25) is 0 Å².